The van der Waals surface area contributed by atoms with Gasteiger partial charge in [0.05, 0.1) is 10.5 Å². The molecular formula is C22H28N2O5S. The van der Waals surface area contributed by atoms with E-state index in [1.165, 1.54) is 29.8 Å². The smallest absolute Gasteiger partial charge is 0.338 e. The van der Waals surface area contributed by atoms with Crippen LogP contribution >= 0.6 is 0 Å². The maximum Gasteiger partial charge on any atom is 0.338 e. The fraction of sp³-hybridized carbons (Fsp3) is 0.364. The normalized spacial score (nSPS) is 11.3. The quantitative estimate of drug-likeness (QED) is 0.562. The van der Waals surface area contributed by atoms with E-state index in [1.807, 2.05) is 12.1 Å². The van der Waals surface area contributed by atoms with Crippen molar-refractivity contribution in [2.45, 2.75) is 38.0 Å². The maximum absolute atomic E-state index is 12.1. The fourth-order valence-corrected chi connectivity index (χ4v) is 3.77. The van der Waals surface area contributed by atoms with Crippen LogP contribution in [0.5, 0.6) is 0 Å². The average Bonchev–Trinajstić information content (AvgIpc) is 2.72. The average molecular weight is 433 g/mol. The molecule has 2 aromatic rings. The van der Waals surface area contributed by atoms with Gasteiger partial charge in [0.15, 0.2) is 6.61 Å². The van der Waals surface area contributed by atoms with Gasteiger partial charge in [0, 0.05) is 13.1 Å². The molecule has 8 heteroatoms. The number of ether oxygens (including phenoxy) is 1. The van der Waals surface area contributed by atoms with Gasteiger partial charge in [-0.05, 0) is 47.7 Å². The molecule has 0 heterocycles. The Labute approximate surface area is 177 Å². The summed E-state index contributed by atoms with van der Waals surface area (Å²) in [6.45, 7) is 6.26. The van der Waals surface area contributed by atoms with Gasteiger partial charge in [-0.1, -0.05) is 45.0 Å². The number of benzene rings is 2. The Balaban J connectivity index is 1.77. The molecule has 7 nitrogen and oxygen atoms in total. The molecule has 2 rings (SSSR count). The summed E-state index contributed by atoms with van der Waals surface area (Å²) in [5.74, 6) is -0.614. The number of esters is 1. The standard InChI is InChI=1S/C22H28N2O5S/c1-4-24-30(27,28)20-11-9-19(10-12-20)22(26)29-15-21(25)23-14-13-17-5-7-18(8-6-17)16(2)3/h5-12,16,24H,4,13-15H2,1-3H3,(H,23,25). The molecule has 2 N–H and O–H groups in total. The Morgan fingerprint density at radius 2 is 1.63 bits per heavy atom. The van der Waals surface area contributed by atoms with Crippen LogP contribution in [0.2, 0.25) is 0 Å². The molecule has 0 aliphatic carbocycles. The number of carbonyl (C=O) groups is 2. The summed E-state index contributed by atoms with van der Waals surface area (Å²) in [7, 11) is -3.58. The zero-order chi connectivity index (χ0) is 22.1. The third-order valence-electron chi connectivity index (χ3n) is 4.45. The molecule has 0 saturated heterocycles. The van der Waals surface area contributed by atoms with Crippen LogP contribution in [-0.4, -0.2) is 40.0 Å². The molecule has 0 saturated carbocycles. The molecule has 0 aliphatic heterocycles. The van der Waals surface area contributed by atoms with Gasteiger partial charge >= 0.3 is 5.97 Å². The highest BCUT2D eigenvalue weighted by molar-refractivity contribution is 7.89. The molecular weight excluding hydrogens is 404 g/mol. The molecule has 2 aromatic carbocycles. The van der Waals surface area contributed by atoms with Crippen molar-refractivity contribution in [3.8, 4) is 0 Å². The summed E-state index contributed by atoms with van der Waals surface area (Å²) in [5, 5.41) is 2.71. The highest BCUT2D eigenvalue weighted by atomic mass is 32.2. The first-order valence-electron chi connectivity index (χ1n) is 9.85. The van der Waals surface area contributed by atoms with Gasteiger partial charge in [0.2, 0.25) is 10.0 Å². The largest absolute Gasteiger partial charge is 0.452 e. The van der Waals surface area contributed by atoms with E-state index in [4.69, 9.17) is 4.74 Å². The molecule has 0 fully saturated rings. The lowest BCUT2D eigenvalue weighted by atomic mass is 10.0. The van der Waals surface area contributed by atoms with E-state index in [0.29, 0.717) is 18.9 Å². The van der Waals surface area contributed by atoms with Gasteiger partial charge in [-0.25, -0.2) is 17.9 Å². The highest BCUT2D eigenvalue weighted by Gasteiger charge is 2.15. The zero-order valence-corrected chi connectivity index (χ0v) is 18.3. The molecule has 0 spiro atoms. The van der Waals surface area contributed by atoms with E-state index in [2.05, 4.69) is 36.0 Å². The minimum atomic E-state index is -3.58. The molecule has 1 amide bonds. The molecule has 0 unspecified atom stereocenters. The first-order valence-corrected chi connectivity index (χ1v) is 11.3. The third-order valence-corrected chi connectivity index (χ3v) is 6.01. The third kappa shape index (κ3) is 6.96. The first kappa shape index (κ1) is 23.6. The van der Waals surface area contributed by atoms with Crippen LogP contribution in [0.15, 0.2) is 53.4 Å². The second-order valence-corrected chi connectivity index (χ2v) is 8.87. The number of hydrogen-bond acceptors (Lipinski definition) is 5. The zero-order valence-electron chi connectivity index (χ0n) is 17.5. The fourth-order valence-electron chi connectivity index (χ4n) is 2.72. The second-order valence-electron chi connectivity index (χ2n) is 7.10. The highest BCUT2D eigenvalue weighted by Crippen LogP contribution is 2.15. The van der Waals surface area contributed by atoms with Gasteiger partial charge < -0.3 is 10.1 Å². The number of sulfonamides is 1. The van der Waals surface area contributed by atoms with Crippen molar-refractivity contribution < 1.29 is 22.7 Å². The summed E-state index contributed by atoms with van der Waals surface area (Å²) >= 11 is 0. The number of rotatable bonds is 10. The first-order chi connectivity index (χ1) is 14.2. The summed E-state index contributed by atoms with van der Waals surface area (Å²) in [6.07, 6.45) is 0.680. The number of amides is 1. The predicted molar refractivity (Wildman–Crippen MR) is 115 cm³/mol. The Kier molecular flexibility index (Phi) is 8.56. The van der Waals surface area contributed by atoms with Crippen LogP contribution in [0.4, 0.5) is 0 Å². The topological polar surface area (TPSA) is 102 Å². The number of hydrogen-bond donors (Lipinski definition) is 2. The monoisotopic (exact) mass is 432 g/mol. The molecule has 0 radical (unpaired) electrons. The Morgan fingerprint density at radius 3 is 2.20 bits per heavy atom. The second kappa shape index (κ2) is 10.9. The van der Waals surface area contributed by atoms with Crippen molar-refractivity contribution in [1.29, 1.82) is 0 Å². The molecule has 162 valence electrons. The molecule has 30 heavy (non-hydrogen) atoms. The van der Waals surface area contributed by atoms with Crippen LogP contribution in [0.1, 0.15) is 48.2 Å². The van der Waals surface area contributed by atoms with Gasteiger partial charge in [-0.15, -0.1) is 0 Å². The van der Waals surface area contributed by atoms with Crippen LogP contribution in [0, 0.1) is 0 Å². The Bertz CT molecular complexity index is 952. The number of nitrogens with one attached hydrogen (secondary N) is 2. The lowest BCUT2D eigenvalue weighted by Crippen LogP contribution is -2.30. The van der Waals surface area contributed by atoms with Gasteiger partial charge in [0.25, 0.3) is 5.91 Å². The van der Waals surface area contributed by atoms with Crippen molar-refractivity contribution in [2.75, 3.05) is 19.7 Å². The summed E-state index contributed by atoms with van der Waals surface area (Å²) in [4.78, 5) is 24.0. The van der Waals surface area contributed by atoms with Gasteiger partial charge in [0.1, 0.15) is 0 Å². The van der Waals surface area contributed by atoms with Crippen LogP contribution in [-0.2, 0) is 26.0 Å². The SMILES string of the molecule is CCNS(=O)(=O)c1ccc(C(=O)OCC(=O)NCCc2ccc(C(C)C)cc2)cc1. The van der Waals surface area contributed by atoms with Crippen LogP contribution in [0.25, 0.3) is 0 Å². The van der Waals surface area contributed by atoms with E-state index in [1.54, 1.807) is 6.92 Å². The molecule has 0 bridgehead atoms. The Morgan fingerprint density at radius 1 is 1.00 bits per heavy atom. The molecule has 0 aliphatic rings. The lowest BCUT2D eigenvalue weighted by molar-refractivity contribution is -0.124. The van der Waals surface area contributed by atoms with Gasteiger partial charge in [-0.3, -0.25) is 4.79 Å². The van der Waals surface area contributed by atoms with Gasteiger partial charge in [-0.2, -0.15) is 0 Å². The van der Waals surface area contributed by atoms with Crippen molar-refractivity contribution in [1.82, 2.24) is 10.0 Å². The maximum atomic E-state index is 12.1. The van der Waals surface area contributed by atoms with Crippen LogP contribution in [0.3, 0.4) is 0 Å². The minimum Gasteiger partial charge on any atom is -0.452 e. The molecule has 0 atom stereocenters. The minimum absolute atomic E-state index is 0.0556. The van der Waals surface area contributed by atoms with E-state index in [0.717, 1.165) is 5.56 Å². The van der Waals surface area contributed by atoms with Crippen molar-refractivity contribution in [3.63, 3.8) is 0 Å². The van der Waals surface area contributed by atoms with E-state index < -0.39 is 28.5 Å². The van der Waals surface area contributed by atoms with Crippen molar-refractivity contribution >= 4 is 21.9 Å². The summed E-state index contributed by atoms with van der Waals surface area (Å²) in [5.41, 5.74) is 2.55. The molecule has 0 aromatic heterocycles. The van der Waals surface area contributed by atoms with E-state index >= 15 is 0 Å². The summed E-state index contributed by atoms with van der Waals surface area (Å²) in [6, 6.07) is 13.6. The number of carbonyl (C=O) groups excluding carboxylic acids is 2. The van der Waals surface area contributed by atoms with Crippen molar-refractivity contribution in [2.24, 2.45) is 0 Å². The summed E-state index contributed by atoms with van der Waals surface area (Å²) < 4.78 is 31.2. The van der Waals surface area contributed by atoms with E-state index in [-0.39, 0.29) is 17.0 Å². The van der Waals surface area contributed by atoms with E-state index in [9.17, 15) is 18.0 Å². The predicted octanol–water partition coefficient (Wildman–Crippen LogP) is 2.62. The lowest BCUT2D eigenvalue weighted by Gasteiger charge is -2.09. The Hall–Kier alpha value is -2.71. The van der Waals surface area contributed by atoms with Crippen molar-refractivity contribution in [3.05, 3.63) is 65.2 Å². The van der Waals surface area contributed by atoms with Crippen LogP contribution < -0.4 is 10.0 Å².